The molecule has 1 saturated carbocycles. The van der Waals surface area contributed by atoms with E-state index in [1.165, 1.54) is 0 Å². The third-order valence-corrected chi connectivity index (χ3v) is 4.31. The first-order valence-corrected chi connectivity index (χ1v) is 5.70. The first-order chi connectivity index (χ1) is 5.17. The Labute approximate surface area is 101 Å². The van der Waals surface area contributed by atoms with E-state index in [4.69, 9.17) is 11.8 Å². The van der Waals surface area contributed by atoms with E-state index in [0.29, 0.717) is 0 Å². The Morgan fingerprint density at radius 2 is 1.67 bits per heavy atom. The second-order valence-electron chi connectivity index (χ2n) is 2.88. The fourth-order valence-electron chi connectivity index (χ4n) is 1.44. The minimum Gasteiger partial charge on any atom is -0.211 e. The molecule has 1 aliphatic rings. The van der Waals surface area contributed by atoms with Gasteiger partial charge in [-0.2, -0.15) is 0 Å². The van der Waals surface area contributed by atoms with Gasteiger partial charge in [0, 0.05) is 29.6 Å². The van der Waals surface area contributed by atoms with E-state index in [1.807, 2.05) is 4.24 Å². The van der Waals surface area contributed by atoms with Crippen molar-refractivity contribution in [2.75, 3.05) is 0 Å². The summed E-state index contributed by atoms with van der Waals surface area (Å²) >= 11 is 5.09. The van der Waals surface area contributed by atoms with E-state index in [2.05, 4.69) is 0 Å². The van der Waals surface area contributed by atoms with Crippen molar-refractivity contribution >= 4 is 51.4 Å². The van der Waals surface area contributed by atoms with E-state index in [1.54, 1.807) is 0 Å². The molecular formula is C6H12ClNNaO2S. The molecule has 0 unspecified atom stereocenters. The van der Waals surface area contributed by atoms with Crippen LogP contribution < -0.4 is 4.24 Å². The summed E-state index contributed by atoms with van der Waals surface area (Å²) in [5.41, 5.74) is 0. The summed E-state index contributed by atoms with van der Waals surface area (Å²) in [4.78, 5) is 0. The molecule has 1 aliphatic carbocycles. The number of halogens is 1. The van der Waals surface area contributed by atoms with Crippen LogP contribution in [0.15, 0.2) is 0 Å². The molecule has 0 spiro atoms. The van der Waals surface area contributed by atoms with Gasteiger partial charge >= 0.3 is 0 Å². The molecule has 1 fully saturated rings. The van der Waals surface area contributed by atoms with Crippen LogP contribution in [0.4, 0.5) is 0 Å². The maximum Gasteiger partial charge on any atom is 0.227 e. The van der Waals surface area contributed by atoms with Gasteiger partial charge in [0.25, 0.3) is 0 Å². The molecule has 0 amide bonds. The second-order valence-corrected chi connectivity index (χ2v) is 5.26. The van der Waals surface area contributed by atoms with Crippen molar-refractivity contribution in [2.24, 2.45) is 0 Å². The summed E-state index contributed by atoms with van der Waals surface area (Å²) in [5.74, 6) is 0. The molecule has 3 nitrogen and oxygen atoms in total. The molecule has 1 N–H and O–H groups in total. The minimum atomic E-state index is -3.21. The molecule has 6 heteroatoms. The summed E-state index contributed by atoms with van der Waals surface area (Å²) in [7, 11) is -3.21. The van der Waals surface area contributed by atoms with Crippen molar-refractivity contribution in [2.45, 2.75) is 37.4 Å². The largest absolute Gasteiger partial charge is 0.227 e. The van der Waals surface area contributed by atoms with Crippen LogP contribution in [-0.4, -0.2) is 43.2 Å². The molecule has 67 valence electrons. The Balaban J connectivity index is 0.00000121. The van der Waals surface area contributed by atoms with Crippen molar-refractivity contribution in [3.05, 3.63) is 0 Å². The SMILES string of the molecule is O=S(=O)(NCl)C1CCCCC1.[Na]. The van der Waals surface area contributed by atoms with Gasteiger partial charge in [-0.05, 0) is 24.6 Å². The standard InChI is InChI=1S/C6H12ClNO2S.Na/c7-8-11(9,10)6-4-2-1-3-5-6;/h6,8H,1-5H2;. The van der Waals surface area contributed by atoms with Crippen LogP contribution in [0.5, 0.6) is 0 Å². The molecule has 0 aliphatic heterocycles. The van der Waals surface area contributed by atoms with E-state index < -0.39 is 10.0 Å². The van der Waals surface area contributed by atoms with Crippen LogP contribution >= 0.6 is 11.8 Å². The molecule has 0 heterocycles. The smallest absolute Gasteiger partial charge is 0.211 e. The molecule has 0 aromatic rings. The molecule has 1 rings (SSSR count). The summed E-state index contributed by atoms with van der Waals surface area (Å²) < 4.78 is 24.1. The maximum atomic E-state index is 11.1. The molecule has 0 atom stereocenters. The van der Waals surface area contributed by atoms with Gasteiger partial charge in [-0.25, -0.2) is 8.42 Å². The van der Waals surface area contributed by atoms with E-state index in [-0.39, 0.29) is 34.8 Å². The van der Waals surface area contributed by atoms with Gasteiger partial charge < -0.3 is 0 Å². The average Bonchev–Trinajstić information content (AvgIpc) is 2.06. The molecule has 0 saturated heterocycles. The summed E-state index contributed by atoms with van der Waals surface area (Å²) in [6.45, 7) is 0. The minimum absolute atomic E-state index is 0. The van der Waals surface area contributed by atoms with Crippen LogP contribution in [0, 0.1) is 0 Å². The molecule has 12 heavy (non-hydrogen) atoms. The topological polar surface area (TPSA) is 46.2 Å². The van der Waals surface area contributed by atoms with Gasteiger partial charge in [0.15, 0.2) is 0 Å². The Hall–Kier alpha value is 1.20. The number of hydrogen-bond acceptors (Lipinski definition) is 2. The van der Waals surface area contributed by atoms with Gasteiger partial charge in [0.05, 0.1) is 5.25 Å². The van der Waals surface area contributed by atoms with Crippen LogP contribution in [0.3, 0.4) is 0 Å². The second kappa shape index (κ2) is 5.83. The van der Waals surface area contributed by atoms with E-state index in [0.717, 1.165) is 32.1 Å². The molecule has 1 radical (unpaired) electrons. The quantitative estimate of drug-likeness (QED) is 0.558. The Morgan fingerprint density at radius 1 is 1.17 bits per heavy atom. The van der Waals surface area contributed by atoms with Gasteiger partial charge in [-0.15, -0.1) is 4.24 Å². The van der Waals surface area contributed by atoms with Crippen LogP contribution in [0.2, 0.25) is 0 Å². The predicted octanol–water partition coefficient (Wildman–Crippen LogP) is 1.01. The summed E-state index contributed by atoms with van der Waals surface area (Å²) in [6, 6.07) is 0. The van der Waals surface area contributed by atoms with E-state index in [9.17, 15) is 8.42 Å². The van der Waals surface area contributed by atoms with Crippen molar-refractivity contribution in [3.8, 4) is 0 Å². The van der Waals surface area contributed by atoms with Gasteiger partial charge in [0.1, 0.15) is 0 Å². The van der Waals surface area contributed by atoms with Crippen LogP contribution in [0.25, 0.3) is 0 Å². The first kappa shape index (κ1) is 13.2. The number of sulfonamides is 1. The zero-order valence-electron chi connectivity index (χ0n) is 7.22. The molecule has 0 bridgehead atoms. The predicted molar refractivity (Wildman–Crippen MR) is 50.5 cm³/mol. The Morgan fingerprint density at radius 3 is 2.08 bits per heavy atom. The summed E-state index contributed by atoms with van der Waals surface area (Å²) in [5, 5.41) is -0.256. The van der Waals surface area contributed by atoms with Crippen molar-refractivity contribution in [1.29, 1.82) is 0 Å². The molecule has 0 aromatic carbocycles. The van der Waals surface area contributed by atoms with Crippen molar-refractivity contribution < 1.29 is 8.42 Å². The first-order valence-electron chi connectivity index (χ1n) is 3.78. The van der Waals surface area contributed by atoms with E-state index >= 15 is 0 Å². The molecule has 0 aromatic heterocycles. The summed E-state index contributed by atoms with van der Waals surface area (Å²) in [6.07, 6.45) is 4.66. The van der Waals surface area contributed by atoms with Gasteiger partial charge in [-0.1, -0.05) is 19.3 Å². The normalized spacial score (nSPS) is 20.1. The maximum absolute atomic E-state index is 11.1. The number of rotatable bonds is 2. The zero-order chi connectivity index (χ0) is 8.32. The number of nitrogens with one attached hydrogen (secondary N) is 1. The third-order valence-electron chi connectivity index (χ3n) is 2.10. The monoisotopic (exact) mass is 220 g/mol. The van der Waals surface area contributed by atoms with Crippen LogP contribution in [0.1, 0.15) is 32.1 Å². The number of hydrogen-bond donors (Lipinski definition) is 1. The zero-order valence-corrected chi connectivity index (χ0v) is 10.8. The van der Waals surface area contributed by atoms with Crippen LogP contribution in [-0.2, 0) is 10.0 Å². The fraction of sp³-hybridized carbons (Fsp3) is 1.00. The Kier molecular flexibility index (Phi) is 6.41. The third kappa shape index (κ3) is 3.52. The molecular weight excluding hydrogens is 209 g/mol. The van der Waals surface area contributed by atoms with Gasteiger partial charge in [-0.3, -0.25) is 0 Å². The fourth-order valence-corrected chi connectivity index (χ4v) is 2.90. The van der Waals surface area contributed by atoms with Crippen molar-refractivity contribution in [1.82, 2.24) is 4.24 Å². The Bertz CT molecular complexity index is 214. The average molecular weight is 221 g/mol. The van der Waals surface area contributed by atoms with Gasteiger partial charge in [0.2, 0.25) is 10.0 Å². The van der Waals surface area contributed by atoms with Crippen molar-refractivity contribution in [3.63, 3.8) is 0 Å².